The third kappa shape index (κ3) is 2.39. The van der Waals surface area contributed by atoms with E-state index in [9.17, 15) is 0 Å². The van der Waals surface area contributed by atoms with E-state index in [2.05, 4.69) is 15.6 Å². The van der Waals surface area contributed by atoms with Crippen LogP contribution in [0.15, 0.2) is 18.2 Å². The topological polar surface area (TPSA) is 50.8 Å². The lowest BCUT2D eigenvalue weighted by atomic mass is 10.1. The van der Waals surface area contributed by atoms with Crippen molar-refractivity contribution < 1.29 is 4.74 Å². The van der Waals surface area contributed by atoms with Crippen LogP contribution < -0.4 is 0 Å². The monoisotopic (exact) mass is 289 g/mol. The highest BCUT2D eigenvalue weighted by Gasteiger charge is 2.21. The molecule has 0 bridgehead atoms. The van der Waals surface area contributed by atoms with Gasteiger partial charge in [0.05, 0.1) is 35.3 Å². The van der Waals surface area contributed by atoms with Crippen molar-refractivity contribution in [1.29, 1.82) is 5.26 Å². The van der Waals surface area contributed by atoms with Crippen molar-refractivity contribution in [3.63, 3.8) is 0 Å². The van der Waals surface area contributed by atoms with Gasteiger partial charge in [-0.05, 0) is 31.0 Å². The summed E-state index contributed by atoms with van der Waals surface area (Å²) in [4.78, 5) is 4.67. The molecule has 0 N–H and O–H groups in total. The van der Waals surface area contributed by atoms with Crippen LogP contribution in [-0.2, 0) is 11.2 Å². The number of fused-ring (bicyclic) bond motifs is 1. The Bertz CT molecular complexity index is 653. The molecule has 1 aromatic carbocycles. The lowest BCUT2D eigenvalue weighted by Crippen LogP contribution is -2.23. The van der Waals surface area contributed by atoms with Crippen LogP contribution in [0.3, 0.4) is 0 Å². The first-order valence-corrected chi connectivity index (χ1v) is 7.41. The van der Waals surface area contributed by atoms with E-state index in [0.717, 1.165) is 42.7 Å². The van der Waals surface area contributed by atoms with Crippen molar-refractivity contribution in [2.45, 2.75) is 25.3 Å². The molecule has 1 aromatic heterocycles. The molecule has 0 spiro atoms. The van der Waals surface area contributed by atoms with E-state index in [1.807, 2.05) is 18.2 Å². The average molecular weight is 290 g/mol. The first kappa shape index (κ1) is 13.4. The second kappa shape index (κ2) is 5.82. The summed E-state index contributed by atoms with van der Waals surface area (Å²) in [6.45, 7) is 1.54. The van der Waals surface area contributed by atoms with E-state index < -0.39 is 0 Å². The van der Waals surface area contributed by atoms with Crippen LogP contribution in [0.5, 0.6) is 0 Å². The Morgan fingerprint density at radius 2 is 2.40 bits per heavy atom. The zero-order valence-corrected chi connectivity index (χ0v) is 11.9. The van der Waals surface area contributed by atoms with Gasteiger partial charge in [-0.2, -0.15) is 5.26 Å². The Morgan fingerprint density at radius 3 is 3.10 bits per heavy atom. The SMILES string of the molecule is N#Cc1ccc2nc(CCCl)n(C3CCCOC3)c2c1. The van der Waals surface area contributed by atoms with Crippen LogP contribution in [0.2, 0.25) is 0 Å². The van der Waals surface area contributed by atoms with Crippen molar-refractivity contribution in [2.24, 2.45) is 0 Å². The second-order valence-corrected chi connectivity index (χ2v) is 5.40. The van der Waals surface area contributed by atoms with E-state index in [0.29, 0.717) is 24.1 Å². The van der Waals surface area contributed by atoms with Crippen LogP contribution in [-0.4, -0.2) is 28.6 Å². The molecule has 0 aliphatic carbocycles. The minimum Gasteiger partial charge on any atom is -0.379 e. The summed E-state index contributed by atoms with van der Waals surface area (Å²) in [6, 6.07) is 8.11. The molecule has 1 fully saturated rings. The molecule has 104 valence electrons. The average Bonchev–Trinajstić information content (AvgIpc) is 2.85. The van der Waals surface area contributed by atoms with Crippen LogP contribution in [0, 0.1) is 11.3 Å². The molecular weight excluding hydrogens is 274 g/mol. The van der Waals surface area contributed by atoms with Gasteiger partial charge in [0.25, 0.3) is 0 Å². The quantitative estimate of drug-likeness (QED) is 0.816. The fourth-order valence-corrected chi connectivity index (χ4v) is 2.98. The number of halogens is 1. The molecule has 4 nitrogen and oxygen atoms in total. The van der Waals surface area contributed by atoms with E-state index in [1.54, 1.807) is 0 Å². The fraction of sp³-hybridized carbons (Fsp3) is 0.467. The predicted octanol–water partition coefficient (Wildman–Crippen LogP) is 3.04. The maximum Gasteiger partial charge on any atom is 0.111 e. The third-order valence-corrected chi connectivity index (χ3v) is 3.90. The summed E-state index contributed by atoms with van der Waals surface area (Å²) < 4.78 is 7.82. The highest BCUT2D eigenvalue weighted by molar-refractivity contribution is 6.17. The van der Waals surface area contributed by atoms with E-state index >= 15 is 0 Å². The van der Waals surface area contributed by atoms with Crippen molar-refractivity contribution in [1.82, 2.24) is 9.55 Å². The van der Waals surface area contributed by atoms with Gasteiger partial charge in [-0.25, -0.2) is 4.98 Å². The number of rotatable bonds is 3. The lowest BCUT2D eigenvalue weighted by molar-refractivity contribution is 0.0596. The normalized spacial score (nSPS) is 19.1. The maximum atomic E-state index is 9.08. The van der Waals surface area contributed by atoms with E-state index in [-0.39, 0.29) is 0 Å². The first-order chi connectivity index (χ1) is 9.83. The van der Waals surface area contributed by atoms with Crippen molar-refractivity contribution in [2.75, 3.05) is 19.1 Å². The molecule has 3 rings (SSSR count). The Morgan fingerprint density at radius 1 is 1.50 bits per heavy atom. The van der Waals surface area contributed by atoms with Crippen LogP contribution in [0.4, 0.5) is 0 Å². The molecule has 0 radical (unpaired) electrons. The predicted molar refractivity (Wildman–Crippen MR) is 78.0 cm³/mol. The number of alkyl halides is 1. The van der Waals surface area contributed by atoms with Gasteiger partial charge in [0.15, 0.2) is 0 Å². The Balaban J connectivity index is 2.13. The van der Waals surface area contributed by atoms with Crippen LogP contribution in [0.1, 0.15) is 30.3 Å². The number of aryl methyl sites for hydroxylation is 1. The van der Waals surface area contributed by atoms with Crippen LogP contribution in [0.25, 0.3) is 11.0 Å². The smallest absolute Gasteiger partial charge is 0.111 e. The minimum atomic E-state index is 0.293. The van der Waals surface area contributed by atoms with Gasteiger partial charge in [0.1, 0.15) is 5.82 Å². The molecule has 1 unspecified atom stereocenters. The molecular formula is C15H16ClN3O. The molecule has 1 aliphatic rings. The van der Waals surface area contributed by atoms with Gasteiger partial charge in [0, 0.05) is 18.9 Å². The first-order valence-electron chi connectivity index (χ1n) is 6.88. The summed E-state index contributed by atoms with van der Waals surface area (Å²) in [6.07, 6.45) is 2.87. The van der Waals surface area contributed by atoms with Crippen molar-refractivity contribution in [3.8, 4) is 6.07 Å². The van der Waals surface area contributed by atoms with Crippen molar-refractivity contribution >= 4 is 22.6 Å². The molecule has 1 atom stereocenters. The third-order valence-electron chi connectivity index (χ3n) is 3.71. The molecule has 1 saturated heterocycles. The number of aromatic nitrogens is 2. The van der Waals surface area contributed by atoms with Gasteiger partial charge in [0.2, 0.25) is 0 Å². The van der Waals surface area contributed by atoms with Crippen molar-refractivity contribution in [3.05, 3.63) is 29.6 Å². The van der Waals surface area contributed by atoms with Gasteiger partial charge in [-0.1, -0.05) is 0 Å². The zero-order valence-electron chi connectivity index (χ0n) is 11.2. The second-order valence-electron chi connectivity index (χ2n) is 5.02. The van der Waals surface area contributed by atoms with E-state index in [4.69, 9.17) is 21.6 Å². The van der Waals surface area contributed by atoms with E-state index in [1.165, 1.54) is 0 Å². The number of ether oxygens (including phenoxy) is 1. The fourth-order valence-electron chi connectivity index (χ4n) is 2.81. The Kier molecular flexibility index (Phi) is 3.90. The molecule has 0 amide bonds. The summed E-state index contributed by atoms with van der Waals surface area (Å²) in [7, 11) is 0. The minimum absolute atomic E-state index is 0.293. The number of imidazole rings is 1. The molecule has 1 aliphatic heterocycles. The maximum absolute atomic E-state index is 9.08. The van der Waals surface area contributed by atoms with Gasteiger partial charge in [-0.15, -0.1) is 11.6 Å². The summed E-state index contributed by atoms with van der Waals surface area (Å²) in [5.41, 5.74) is 2.60. The number of hydrogen-bond acceptors (Lipinski definition) is 3. The number of nitrogens with zero attached hydrogens (tertiary/aromatic N) is 3. The molecule has 2 heterocycles. The molecule has 2 aromatic rings. The summed E-state index contributed by atoms with van der Waals surface area (Å²) >= 11 is 5.90. The van der Waals surface area contributed by atoms with Crippen LogP contribution >= 0.6 is 11.6 Å². The highest BCUT2D eigenvalue weighted by Crippen LogP contribution is 2.28. The largest absolute Gasteiger partial charge is 0.379 e. The molecule has 0 saturated carbocycles. The number of nitriles is 1. The molecule has 20 heavy (non-hydrogen) atoms. The Hall–Kier alpha value is -1.57. The summed E-state index contributed by atoms with van der Waals surface area (Å²) in [5, 5.41) is 9.08. The molecule has 5 heteroatoms. The number of hydrogen-bond donors (Lipinski definition) is 0. The zero-order chi connectivity index (χ0) is 13.9. The Labute approximate surface area is 122 Å². The van der Waals surface area contributed by atoms with Gasteiger partial charge in [-0.3, -0.25) is 0 Å². The van der Waals surface area contributed by atoms with Gasteiger partial charge >= 0.3 is 0 Å². The highest BCUT2D eigenvalue weighted by atomic mass is 35.5. The summed E-state index contributed by atoms with van der Waals surface area (Å²) in [5.74, 6) is 1.53. The van der Waals surface area contributed by atoms with Gasteiger partial charge < -0.3 is 9.30 Å². The lowest BCUT2D eigenvalue weighted by Gasteiger charge is -2.25. The standard InChI is InChI=1S/C15H16ClN3O/c16-6-5-15-18-13-4-3-11(9-17)8-14(13)19(15)12-2-1-7-20-10-12/h3-4,8,12H,1-2,5-7,10H2. The number of benzene rings is 1.